The highest BCUT2D eigenvalue weighted by molar-refractivity contribution is 6.32. The number of primary amides is 1. The van der Waals surface area contributed by atoms with Crippen molar-refractivity contribution < 1.29 is 19.1 Å². The summed E-state index contributed by atoms with van der Waals surface area (Å²) in [6, 6.07) is 19.0. The summed E-state index contributed by atoms with van der Waals surface area (Å²) in [5.41, 5.74) is 6.91. The minimum absolute atomic E-state index is 0.0589. The van der Waals surface area contributed by atoms with Crippen LogP contribution in [-0.2, 0) is 16.8 Å². The van der Waals surface area contributed by atoms with Gasteiger partial charge in [-0.25, -0.2) is 9.07 Å². The van der Waals surface area contributed by atoms with Crippen molar-refractivity contribution in [2.75, 3.05) is 0 Å². The highest BCUT2D eigenvalue weighted by Gasteiger charge is 2.45. The average molecular weight is 596 g/mol. The van der Waals surface area contributed by atoms with Crippen molar-refractivity contribution in [1.29, 1.82) is 0 Å². The SMILES string of the molecule is C[C@@H]1CC(O)(c2cccc(F)c2)C[C@H](C)N1C(=O)c1nn(-c2ccccc2Cl)c(-c2ccc(Cl)cc2)c1CC(N)=O. The van der Waals surface area contributed by atoms with Crippen LogP contribution in [0.1, 0.15) is 48.3 Å². The number of benzene rings is 3. The van der Waals surface area contributed by atoms with E-state index in [4.69, 9.17) is 34.0 Å². The summed E-state index contributed by atoms with van der Waals surface area (Å²) in [5, 5.41) is 17.2. The third kappa shape index (κ3) is 5.60. The molecule has 5 rings (SSSR count). The van der Waals surface area contributed by atoms with Gasteiger partial charge in [-0.3, -0.25) is 9.59 Å². The van der Waals surface area contributed by atoms with Crippen molar-refractivity contribution in [3.05, 3.63) is 105 Å². The third-order valence-electron chi connectivity index (χ3n) is 7.55. The molecule has 7 nitrogen and oxygen atoms in total. The van der Waals surface area contributed by atoms with Crippen molar-refractivity contribution in [2.24, 2.45) is 5.73 Å². The number of carbonyl (C=O) groups is 2. The molecular formula is C31H29Cl2FN4O3. The number of halogens is 3. The Bertz CT molecular complexity index is 1610. The normalized spacial score (nSPS) is 20.7. The zero-order chi connectivity index (χ0) is 29.5. The molecule has 3 atom stereocenters. The number of nitrogens with two attached hydrogens (primary N) is 1. The monoisotopic (exact) mass is 594 g/mol. The standard InChI is InChI=1S/C31H29Cl2FN4O3/c1-18-16-31(41,21-6-5-7-23(34)14-21)17-19(2)37(18)30(40)28-24(15-27(35)39)29(20-10-12-22(32)13-11-20)38(36-28)26-9-4-3-8-25(26)33/h3-14,18-19,41H,15-17H2,1-2H3,(H2,35,39)/t18-,19+,31?. The van der Waals surface area contributed by atoms with E-state index in [9.17, 15) is 19.1 Å². The number of nitrogens with zero attached hydrogens (tertiary/aromatic N) is 3. The molecule has 4 aromatic rings. The lowest BCUT2D eigenvalue weighted by Crippen LogP contribution is -2.55. The van der Waals surface area contributed by atoms with Crippen LogP contribution in [-0.4, -0.2) is 43.7 Å². The van der Waals surface area contributed by atoms with Crippen molar-refractivity contribution in [3.8, 4) is 16.9 Å². The second-order valence-electron chi connectivity index (χ2n) is 10.5. The predicted molar refractivity (Wildman–Crippen MR) is 157 cm³/mol. The van der Waals surface area contributed by atoms with E-state index in [1.165, 1.54) is 12.1 Å². The van der Waals surface area contributed by atoms with E-state index >= 15 is 0 Å². The maximum atomic E-state index is 14.3. The van der Waals surface area contributed by atoms with Gasteiger partial charge in [-0.2, -0.15) is 5.10 Å². The predicted octanol–water partition coefficient (Wildman–Crippen LogP) is 5.91. The number of hydrogen-bond donors (Lipinski definition) is 2. The summed E-state index contributed by atoms with van der Waals surface area (Å²) in [6.45, 7) is 3.66. The van der Waals surface area contributed by atoms with Crippen LogP contribution in [0.5, 0.6) is 0 Å². The minimum Gasteiger partial charge on any atom is -0.385 e. The summed E-state index contributed by atoms with van der Waals surface area (Å²) in [7, 11) is 0. The minimum atomic E-state index is -1.32. The second kappa shape index (κ2) is 11.3. The number of aliphatic hydroxyl groups is 1. The van der Waals surface area contributed by atoms with Crippen LogP contribution in [0.3, 0.4) is 0 Å². The fourth-order valence-electron chi connectivity index (χ4n) is 5.89. The van der Waals surface area contributed by atoms with Gasteiger partial charge in [-0.1, -0.05) is 59.6 Å². The molecule has 2 heterocycles. The number of piperidine rings is 1. The molecule has 212 valence electrons. The van der Waals surface area contributed by atoms with Crippen LogP contribution in [0.2, 0.25) is 10.0 Å². The van der Waals surface area contributed by atoms with Crippen molar-refractivity contribution >= 4 is 35.0 Å². The summed E-state index contributed by atoms with van der Waals surface area (Å²) < 4.78 is 15.5. The molecule has 1 saturated heterocycles. The number of hydrogen-bond acceptors (Lipinski definition) is 4. The zero-order valence-electron chi connectivity index (χ0n) is 22.5. The molecule has 2 amide bonds. The van der Waals surface area contributed by atoms with Gasteiger partial charge in [0.2, 0.25) is 5.91 Å². The summed E-state index contributed by atoms with van der Waals surface area (Å²) >= 11 is 12.7. The van der Waals surface area contributed by atoms with E-state index in [1.54, 1.807) is 70.2 Å². The molecule has 10 heteroatoms. The lowest BCUT2D eigenvalue weighted by Gasteiger charge is -2.47. The van der Waals surface area contributed by atoms with Crippen LogP contribution in [0.25, 0.3) is 16.9 Å². The highest BCUT2D eigenvalue weighted by atomic mass is 35.5. The van der Waals surface area contributed by atoms with Gasteiger partial charge >= 0.3 is 0 Å². The number of para-hydroxylation sites is 1. The smallest absolute Gasteiger partial charge is 0.275 e. The number of rotatable bonds is 6. The fourth-order valence-corrected chi connectivity index (χ4v) is 6.24. The molecule has 1 fully saturated rings. The molecule has 0 aliphatic carbocycles. The molecule has 0 radical (unpaired) electrons. The molecular weight excluding hydrogens is 566 g/mol. The van der Waals surface area contributed by atoms with Crippen LogP contribution < -0.4 is 5.73 Å². The third-order valence-corrected chi connectivity index (χ3v) is 8.12. The van der Waals surface area contributed by atoms with Crippen LogP contribution in [0.4, 0.5) is 4.39 Å². The van der Waals surface area contributed by atoms with E-state index < -0.39 is 35.3 Å². The first kappa shape index (κ1) is 28.8. The molecule has 1 unspecified atom stereocenters. The molecule has 1 aromatic heterocycles. The van der Waals surface area contributed by atoms with Crippen LogP contribution in [0.15, 0.2) is 72.8 Å². The van der Waals surface area contributed by atoms with Gasteiger partial charge < -0.3 is 15.7 Å². The molecule has 0 bridgehead atoms. The van der Waals surface area contributed by atoms with E-state index in [2.05, 4.69) is 0 Å². The Morgan fingerprint density at radius 3 is 2.29 bits per heavy atom. The largest absolute Gasteiger partial charge is 0.385 e. The molecule has 1 aliphatic heterocycles. The fraction of sp³-hybridized carbons (Fsp3) is 0.258. The van der Waals surface area contributed by atoms with Gasteiger partial charge in [-0.15, -0.1) is 0 Å². The Hall–Kier alpha value is -3.72. The maximum Gasteiger partial charge on any atom is 0.275 e. The van der Waals surface area contributed by atoms with E-state index in [1.807, 2.05) is 13.8 Å². The number of amides is 2. The van der Waals surface area contributed by atoms with Crippen LogP contribution >= 0.6 is 23.2 Å². The number of aromatic nitrogens is 2. The second-order valence-corrected chi connectivity index (χ2v) is 11.4. The van der Waals surface area contributed by atoms with Gasteiger partial charge in [0.1, 0.15) is 5.82 Å². The van der Waals surface area contributed by atoms with Gasteiger partial charge in [0.15, 0.2) is 5.69 Å². The Balaban J connectivity index is 1.62. The maximum absolute atomic E-state index is 14.3. The molecule has 1 aliphatic rings. The van der Waals surface area contributed by atoms with Gasteiger partial charge in [0.05, 0.1) is 28.4 Å². The summed E-state index contributed by atoms with van der Waals surface area (Å²) in [5.74, 6) is -1.48. The zero-order valence-corrected chi connectivity index (χ0v) is 24.0. The van der Waals surface area contributed by atoms with Crippen molar-refractivity contribution in [1.82, 2.24) is 14.7 Å². The molecule has 41 heavy (non-hydrogen) atoms. The lowest BCUT2D eigenvalue weighted by molar-refractivity contribution is -0.117. The first-order chi connectivity index (χ1) is 19.5. The highest BCUT2D eigenvalue weighted by Crippen LogP contribution is 2.41. The summed E-state index contributed by atoms with van der Waals surface area (Å²) in [6.07, 6.45) is 0.132. The Labute approximate surface area is 247 Å². The lowest BCUT2D eigenvalue weighted by atomic mass is 9.78. The van der Waals surface area contributed by atoms with Gasteiger partial charge in [0.25, 0.3) is 5.91 Å². The van der Waals surface area contributed by atoms with Crippen molar-refractivity contribution in [2.45, 2.75) is 50.8 Å². The number of likely N-dealkylation sites (tertiary alicyclic amines) is 1. The van der Waals surface area contributed by atoms with E-state index in [0.29, 0.717) is 38.1 Å². The van der Waals surface area contributed by atoms with Gasteiger partial charge in [0, 0.05) is 41.1 Å². The Morgan fingerprint density at radius 1 is 1.02 bits per heavy atom. The summed E-state index contributed by atoms with van der Waals surface area (Å²) in [4.78, 5) is 28.3. The average Bonchev–Trinajstić information content (AvgIpc) is 3.27. The topological polar surface area (TPSA) is 101 Å². The first-order valence-corrected chi connectivity index (χ1v) is 14.0. The van der Waals surface area contributed by atoms with Crippen LogP contribution in [0, 0.1) is 5.82 Å². The number of carbonyl (C=O) groups excluding carboxylic acids is 2. The molecule has 0 spiro atoms. The first-order valence-electron chi connectivity index (χ1n) is 13.2. The molecule has 3 N–H and O–H groups in total. The molecule has 0 saturated carbocycles. The van der Waals surface area contributed by atoms with Crippen molar-refractivity contribution in [3.63, 3.8) is 0 Å². The van der Waals surface area contributed by atoms with E-state index in [0.717, 1.165) is 0 Å². The quantitative estimate of drug-likeness (QED) is 0.289. The molecule has 3 aromatic carbocycles. The van der Waals surface area contributed by atoms with E-state index in [-0.39, 0.29) is 25.0 Å². The Kier molecular flexibility index (Phi) is 7.92. The Morgan fingerprint density at radius 2 is 1.68 bits per heavy atom. The van der Waals surface area contributed by atoms with Gasteiger partial charge in [-0.05, 0) is 55.8 Å².